The third-order valence-electron chi connectivity index (χ3n) is 2.92. The molecule has 22 heavy (non-hydrogen) atoms. The average Bonchev–Trinajstić information content (AvgIpc) is 2.44. The molecule has 0 aliphatic rings. The van der Waals surface area contributed by atoms with Gasteiger partial charge in [0, 0.05) is 12.6 Å². The number of esters is 1. The van der Waals surface area contributed by atoms with Crippen molar-refractivity contribution >= 4 is 17.8 Å². The Morgan fingerprint density at radius 1 is 1.09 bits per heavy atom. The Morgan fingerprint density at radius 3 is 2.18 bits per heavy atom. The van der Waals surface area contributed by atoms with E-state index in [-0.39, 0.29) is 17.9 Å². The molecule has 0 radical (unpaired) electrons. The highest BCUT2D eigenvalue weighted by molar-refractivity contribution is 5.92. The Morgan fingerprint density at radius 2 is 1.68 bits per heavy atom. The number of urea groups is 1. The summed E-state index contributed by atoms with van der Waals surface area (Å²) < 4.78 is 5.01. The number of nitrogens with one attached hydrogen (secondary N) is 2. The summed E-state index contributed by atoms with van der Waals surface area (Å²) >= 11 is 0. The molecule has 0 aliphatic carbocycles. The molecule has 0 heterocycles. The van der Waals surface area contributed by atoms with Crippen molar-refractivity contribution in [3.05, 3.63) is 35.4 Å². The first kappa shape index (κ1) is 17.7. The summed E-state index contributed by atoms with van der Waals surface area (Å²) in [4.78, 5) is 34.3. The van der Waals surface area contributed by atoms with E-state index in [1.165, 1.54) is 13.8 Å². The number of hydrogen-bond donors (Lipinski definition) is 2. The second kappa shape index (κ2) is 8.17. The summed E-state index contributed by atoms with van der Waals surface area (Å²) in [6, 6.07) is 6.49. The number of rotatable bonds is 6. The number of benzene rings is 1. The van der Waals surface area contributed by atoms with Crippen LogP contribution < -0.4 is 10.6 Å². The maximum absolute atomic E-state index is 11.8. The van der Waals surface area contributed by atoms with Gasteiger partial charge in [-0.3, -0.25) is 4.79 Å². The van der Waals surface area contributed by atoms with Crippen LogP contribution in [0.2, 0.25) is 0 Å². The van der Waals surface area contributed by atoms with Crippen LogP contribution in [0.5, 0.6) is 0 Å². The van der Waals surface area contributed by atoms with Crippen molar-refractivity contribution < 1.29 is 19.1 Å². The van der Waals surface area contributed by atoms with E-state index in [0.29, 0.717) is 12.1 Å². The lowest BCUT2D eigenvalue weighted by atomic mass is 10.1. The van der Waals surface area contributed by atoms with Crippen LogP contribution in [-0.2, 0) is 16.1 Å². The fourth-order valence-corrected chi connectivity index (χ4v) is 1.57. The van der Waals surface area contributed by atoms with Gasteiger partial charge in [-0.15, -0.1) is 0 Å². The molecule has 6 heteroatoms. The lowest BCUT2D eigenvalue weighted by Crippen LogP contribution is -2.39. The molecule has 1 unspecified atom stereocenters. The quantitative estimate of drug-likeness (QED) is 0.788. The van der Waals surface area contributed by atoms with Gasteiger partial charge in [0.05, 0.1) is 5.56 Å². The zero-order chi connectivity index (χ0) is 16.7. The number of Topliss-reactive ketones (excluding diaryl/α,β-unsaturated/α-hetero) is 1. The number of carbonyl (C=O) groups excluding carboxylic acids is 3. The standard InChI is InChI=1S/C16H22N2O4/c1-10(2)18-16(21)17-9-13-5-7-14(8-6-13)15(20)22-12(4)11(3)19/h5-8,10,12H,9H2,1-4H3,(H2,17,18,21). The molecule has 1 rings (SSSR count). The van der Waals surface area contributed by atoms with Crippen molar-refractivity contribution in [2.24, 2.45) is 0 Å². The average molecular weight is 306 g/mol. The molecule has 0 bridgehead atoms. The van der Waals surface area contributed by atoms with Gasteiger partial charge in [-0.05, 0) is 45.4 Å². The van der Waals surface area contributed by atoms with Crippen LogP contribution in [-0.4, -0.2) is 29.9 Å². The molecule has 1 aromatic rings. The second-order valence-corrected chi connectivity index (χ2v) is 5.34. The Balaban J connectivity index is 2.54. The maximum atomic E-state index is 11.8. The summed E-state index contributed by atoms with van der Waals surface area (Å²) in [6.07, 6.45) is -0.756. The first-order valence-electron chi connectivity index (χ1n) is 7.14. The predicted molar refractivity (Wildman–Crippen MR) is 82.5 cm³/mol. The minimum absolute atomic E-state index is 0.0698. The predicted octanol–water partition coefficient (Wildman–Crippen LogP) is 2.03. The largest absolute Gasteiger partial charge is 0.451 e. The molecule has 1 atom stereocenters. The number of hydrogen-bond acceptors (Lipinski definition) is 4. The molecular formula is C16H22N2O4. The lowest BCUT2D eigenvalue weighted by molar-refractivity contribution is -0.124. The van der Waals surface area contributed by atoms with Gasteiger partial charge >= 0.3 is 12.0 Å². The minimum Gasteiger partial charge on any atom is -0.451 e. The van der Waals surface area contributed by atoms with E-state index in [4.69, 9.17) is 4.74 Å². The van der Waals surface area contributed by atoms with Gasteiger partial charge in [0.25, 0.3) is 0 Å². The molecule has 0 aromatic heterocycles. The lowest BCUT2D eigenvalue weighted by Gasteiger charge is -2.11. The summed E-state index contributed by atoms with van der Waals surface area (Å²) in [7, 11) is 0. The molecule has 6 nitrogen and oxygen atoms in total. The van der Waals surface area contributed by atoms with Gasteiger partial charge in [0.2, 0.25) is 0 Å². The summed E-state index contributed by atoms with van der Waals surface area (Å²) in [5.74, 6) is -0.745. The SMILES string of the molecule is CC(=O)C(C)OC(=O)c1ccc(CNC(=O)NC(C)C)cc1. The molecule has 2 amide bonds. The van der Waals surface area contributed by atoms with Crippen molar-refractivity contribution in [2.75, 3.05) is 0 Å². The minimum atomic E-state index is -0.756. The fourth-order valence-electron chi connectivity index (χ4n) is 1.57. The van der Waals surface area contributed by atoms with E-state index >= 15 is 0 Å². The van der Waals surface area contributed by atoms with Crippen molar-refractivity contribution in [1.82, 2.24) is 10.6 Å². The summed E-state index contributed by atoms with van der Waals surface area (Å²) in [6.45, 7) is 7.02. The van der Waals surface area contributed by atoms with E-state index in [9.17, 15) is 14.4 Å². The van der Waals surface area contributed by atoms with Crippen LogP contribution >= 0.6 is 0 Å². The van der Waals surface area contributed by atoms with E-state index in [2.05, 4.69) is 10.6 Å². The van der Waals surface area contributed by atoms with Gasteiger partial charge in [-0.2, -0.15) is 0 Å². The highest BCUT2D eigenvalue weighted by atomic mass is 16.5. The molecule has 0 saturated heterocycles. The first-order chi connectivity index (χ1) is 10.3. The van der Waals surface area contributed by atoms with Gasteiger partial charge in [-0.25, -0.2) is 9.59 Å². The second-order valence-electron chi connectivity index (χ2n) is 5.34. The van der Waals surface area contributed by atoms with Crippen molar-refractivity contribution in [3.63, 3.8) is 0 Å². The smallest absolute Gasteiger partial charge is 0.338 e. The normalized spacial score (nSPS) is 11.7. The maximum Gasteiger partial charge on any atom is 0.338 e. The summed E-state index contributed by atoms with van der Waals surface area (Å²) in [5.41, 5.74) is 1.22. The molecule has 0 spiro atoms. The van der Waals surface area contributed by atoms with Gasteiger partial charge in [0.15, 0.2) is 11.9 Å². The van der Waals surface area contributed by atoms with E-state index in [0.717, 1.165) is 5.56 Å². The topological polar surface area (TPSA) is 84.5 Å². The molecular weight excluding hydrogens is 284 g/mol. The molecule has 0 aliphatic heterocycles. The van der Waals surface area contributed by atoms with Crippen LogP contribution in [0.4, 0.5) is 4.79 Å². The monoisotopic (exact) mass is 306 g/mol. The molecule has 0 fully saturated rings. The Labute approximate surface area is 130 Å². The number of ether oxygens (including phenoxy) is 1. The van der Waals surface area contributed by atoms with E-state index < -0.39 is 12.1 Å². The van der Waals surface area contributed by atoms with Crippen molar-refractivity contribution in [2.45, 2.75) is 46.4 Å². The number of ketones is 1. The number of amides is 2. The third kappa shape index (κ3) is 5.95. The van der Waals surface area contributed by atoms with E-state index in [1.54, 1.807) is 24.3 Å². The van der Waals surface area contributed by atoms with Crippen molar-refractivity contribution in [3.8, 4) is 0 Å². The van der Waals surface area contributed by atoms with Gasteiger partial charge in [0.1, 0.15) is 0 Å². The molecule has 1 aromatic carbocycles. The summed E-state index contributed by atoms with van der Waals surface area (Å²) in [5, 5.41) is 5.43. The van der Waals surface area contributed by atoms with Crippen molar-refractivity contribution in [1.29, 1.82) is 0 Å². The highest BCUT2D eigenvalue weighted by Crippen LogP contribution is 2.08. The van der Waals surface area contributed by atoms with Gasteiger partial charge < -0.3 is 15.4 Å². The zero-order valence-electron chi connectivity index (χ0n) is 13.3. The van der Waals surface area contributed by atoms with Crippen LogP contribution in [0, 0.1) is 0 Å². The number of carbonyl (C=O) groups is 3. The van der Waals surface area contributed by atoms with Gasteiger partial charge in [-0.1, -0.05) is 12.1 Å². The molecule has 2 N–H and O–H groups in total. The highest BCUT2D eigenvalue weighted by Gasteiger charge is 2.15. The Hall–Kier alpha value is -2.37. The van der Waals surface area contributed by atoms with Crippen LogP contribution in [0.1, 0.15) is 43.6 Å². The third-order valence-corrected chi connectivity index (χ3v) is 2.92. The van der Waals surface area contributed by atoms with Crippen LogP contribution in [0.15, 0.2) is 24.3 Å². The molecule has 0 saturated carbocycles. The zero-order valence-corrected chi connectivity index (χ0v) is 13.3. The fraction of sp³-hybridized carbons (Fsp3) is 0.438. The van der Waals surface area contributed by atoms with Crippen LogP contribution in [0.3, 0.4) is 0 Å². The Kier molecular flexibility index (Phi) is 6.56. The van der Waals surface area contributed by atoms with Crippen LogP contribution in [0.25, 0.3) is 0 Å². The molecule has 120 valence electrons. The van der Waals surface area contributed by atoms with E-state index in [1.807, 2.05) is 13.8 Å². The first-order valence-corrected chi connectivity index (χ1v) is 7.14. The Bertz CT molecular complexity index is 538.